The zero-order chi connectivity index (χ0) is 14.7. The number of aromatic amines is 2. The fraction of sp³-hybridized carbons (Fsp3) is 0.615. The molecule has 3 rings (SSSR count). The van der Waals surface area contributed by atoms with E-state index in [1.807, 2.05) is 10.7 Å². The van der Waals surface area contributed by atoms with Crippen LogP contribution >= 0.6 is 0 Å². The molecule has 0 unspecified atom stereocenters. The van der Waals surface area contributed by atoms with Crippen LogP contribution in [0.3, 0.4) is 0 Å². The van der Waals surface area contributed by atoms with Crippen molar-refractivity contribution < 1.29 is 5.11 Å². The number of nitrogens with one attached hydrogen (secondary N) is 2. The van der Waals surface area contributed by atoms with Gasteiger partial charge in [0.2, 0.25) is 0 Å². The summed E-state index contributed by atoms with van der Waals surface area (Å²) in [6, 6.07) is 2.04. The third-order valence-electron chi connectivity index (χ3n) is 3.99. The molecule has 0 spiro atoms. The molecule has 0 aromatic carbocycles. The highest BCUT2D eigenvalue weighted by Crippen LogP contribution is 2.28. The lowest BCUT2D eigenvalue weighted by atomic mass is 9.93. The van der Waals surface area contributed by atoms with E-state index in [0.29, 0.717) is 24.8 Å². The number of aliphatic hydroxyl groups is 1. The summed E-state index contributed by atoms with van der Waals surface area (Å²) in [5.41, 5.74) is 0.949. The third kappa shape index (κ3) is 3.22. The monoisotopic (exact) mass is 292 g/mol. The molecule has 1 aliphatic heterocycles. The topological polar surface area (TPSA) is 103 Å². The summed E-state index contributed by atoms with van der Waals surface area (Å²) in [6.07, 6.45) is 3.89. The van der Waals surface area contributed by atoms with Crippen molar-refractivity contribution in [3.8, 4) is 0 Å². The lowest BCUT2D eigenvalue weighted by Crippen LogP contribution is -2.33. The number of aliphatic hydroxyl groups excluding tert-OH is 1. The van der Waals surface area contributed by atoms with Gasteiger partial charge in [-0.1, -0.05) is 0 Å². The Morgan fingerprint density at radius 2 is 2.19 bits per heavy atom. The van der Waals surface area contributed by atoms with Gasteiger partial charge in [0.05, 0.1) is 19.7 Å². The van der Waals surface area contributed by atoms with Crippen LogP contribution in [0.5, 0.6) is 0 Å². The highest BCUT2D eigenvalue weighted by molar-refractivity contribution is 5.09. The van der Waals surface area contributed by atoms with Gasteiger partial charge in [-0.05, 0) is 32.0 Å². The van der Waals surface area contributed by atoms with Crippen LogP contribution in [-0.4, -0.2) is 54.7 Å². The van der Waals surface area contributed by atoms with Crippen molar-refractivity contribution in [3.05, 3.63) is 34.3 Å². The summed E-state index contributed by atoms with van der Waals surface area (Å²) in [5.74, 6) is 1.16. The lowest BCUT2D eigenvalue weighted by molar-refractivity contribution is 0.195. The largest absolute Gasteiger partial charge is 0.394 e. The van der Waals surface area contributed by atoms with Crippen LogP contribution in [0.25, 0.3) is 0 Å². The van der Waals surface area contributed by atoms with E-state index in [4.69, 9.17) is 5.11 Å². The van der Waals surface area contributed by atoms with E-state index in [0.717, 1.165) is 25.9 Å². The average Bonchev–Trinajstić information content (AvgIpc) is 3.10. The van der Waals surface area contributed by atoms with Crippen LogP contribution < -0.4 is 5.69 Å². The SMILES string of the molecule is O=c1[nH]nc(CN2CCC(c3ccnn3CCO)CC2)[nH]1. The molecule has 3 N–H and O–H groups in total. The van der Waals surface area contributed by atoms with Crippen LogP contribution in [0.4, 0.5) is 0 Å². The van der Waals surface area contributed by atoms with Gasteiger partial charge in [0.1, 0.15) is 5.82 Å². The molecular formula is C13H20N6O2. The van der Waals surface area contributed by atoms with Crippen molar-refractivity contribution in [2.75, 3.05) is 19.7 Å². The Morgan fingerprint density at radius 1 is 1.38 bits per heavy atom. The van der Waals surface area contributed by atoms with Crippen LogP contribution in [0.15, 0.2) is 17.1 Å². The summed E-state index contributed by atoms with van der Waals surface area (Å²) in [7, 11) is 0. The van der Waals surface area contributed by atoms with Gasteiger partial charge in [-0.25, -0.2) is 9.89 Å². The minimum absolute atomic E-state index is 0.111. The van der Waals surface area contributed by atoms with E-state index in [1.165, 1.54) is 5.69 Å². The Labute approximate surface area is 121 Å². The number of H-pyrrole nitrogens is 2. The van der Waals surface area contributed by atoms with Gasteiger partial charge < -0.3 is 5.11 Å². The number of piperidine rings is 1. The van der Waals surface area contributed by atoms with Gasteiger partial charge in [-0.3, -0.25) is 14.6 Å². The molecule has 1 fully saturated rings. The van der Waals surface area contributed by atoms with Crippen molar-refractivity contribution in [2.24, 2.45) is 0 Å². The van der Waals surface area contributed by atoms with E-state index in [-0.39, 0.29) is 12.3 Å². The summed E-state index contributed by atoms with van der Waals surface area (Å²) in [4.78, 5) is 16.0. The van der Waals surface area contributed by atoms with Crippen LogP contribution in [0.1, 0.15) is 30.3 Å². The predicted octanol–water partition coefficient (Wildman–Crippen LogP) is -0.334. The fourth-order valence-corrected chi connectivity index (χ4v) is 2.95. The second-order valence-corrected chi connectivity index (χ2v) is 5.38. The maximum absolute atomic E-state index is 11.0. The quantitative estimate of drug-likeness (QED) is 0.700. The van der Waals surface area contributed by atoms with E-state index in [9.17, 15) is 4.79 Å². The lowest BCUT2D eigenvalue weighted by Gasteiger charge is -2.31. The van der Waals surface area contributed by atoms with Gasteiger partial charge in [0.15, 0.2) is 0 Å². The minimum atomic E-state index is -0.257. The summed E-state index contributed by atoms with van der Waals surface area (Å²) in [6.45, 7) is 3.26. The Bertz CT molecular complexity index is 622. The number of rotatable bonds is 5. The molecule has 114 valence electrons. The first-order chi connectivity index (χ1) is 10.3. The molecule has 0 aliphatic carbocycles. The Morgan fingerprint density at radius 3 is 2.86 bits per heavy atom. The van der Waals surface area contributed by atoms with Gasteiger partial charge in [-0.2, -0.15) is 10.2 Å². The molecule has 0 atom stereocenters. The molecule has 8 heteroatoms. The minimum Gasteiger partial charge on any atom is -0.394 e. The van der Waals surface area contributed by atoms with E-state index in [1.54, 1.807) is 6.20 Å². The first-order valence-corrected chi connectivity index (χ1v) is 7.25. The first kappa shape index (κ1) is 14.0. The molecule has 2 aromatic rings. The van der Waals surface area contributed by atoms with Crippen molar-refractivity contribution in [1.82, 2.24) is 29.9 Å². The van der Waals surface area contributed by atoms with Crippen molar-refractivity contribution in [3.63, 3.8) is 0 Å². The van der Waals surface area contributed by atoms with Crippen LogP contribution in [0.2, 0.25) is 0 Å². The van der Waals surface area contributed by atoms with Crippen molar-refractivity contribution in [1.29, 1.82) is 0 Å². The number of hydrogen-bond donors (Lipinski definition) is 3. The molecule has 1 aliphatic rings. The average molecular weight is 292 g/mol. The zero-order valence-electron chi connectivity index (χ0n) is 11.8. The molecule has 0 amide bonds. The van der Waals surface area contributed by atoms with E-state index >= 15 is 0 Å². The summed E-state index contributed by atoms with van der Waals surface area (Å²) >= 11 is 0. The van der Waals surface area contributed by atoms with Gasteiger partial charge in [-0.15, -0.1) is 0 Å². The smallest absolute Gasteiger partial charge is 0.340 e. The fourth-order valence-electron chi connectivity index (χ4n) is 2.95. The Hall–Kier alpha value is -1.93. The number of aromatic nitrogens is 5. The number of nitrogens with zero attached hydrogens (tertiary/aromatic N) is 4. The van der Waals surface area contributed by atoms with Gasteiger partial charge in [0.25, 0.3) is 0 Å². The van der Waals surface area contributed by atoms with E-state index < -0.39 is 0 Å². The second-order valence-electron chi connectivity index (χ2n) is 5.38. The maximum Gasteiger partial charge on any atom is 0.340 e. The Balaban J connectivity index is 1.57. The van der Waals surface area contributed by atoms with Crippen molar-refractivity contribution >= 4 is 0 Å². The highest BCUT2D eigenvalue weighted by atomic mass is 16.3. The van der Waals surface area contributed by atoms with Crippen LogP contribution in [0, 0.1) is 0 Å². The molecule has 0 saturated carbocycles. The molecule has 2 aromatic heterocycles. The molecular weight excluding hydrogens is 272 g/mol. The second kappa shape index (κ2) is 6.23. The van der Waals surface area contributed by atoms with E-state index in [2.05, 4.69) is 25.2 Å². The summed E-state index contributed by atoms with van der Waals surface area (Å²) < 4.78 is 1.89. The molecule has 0 radical (unpaired) electrons. The molecule has 1 saturated heterocycles. The first-order valence-electron chi connectivity index (χ1n) is 7.25. The molecule has 21 heavy (non-hydrogen) atoms. The molecule has 0 bridgehead atoms. The molecule has 8 nitrogen and oxygen atoms in total. The number of hydrogen-bond acceptors (Lipinski definition) is 5. The highest BCUT2D eigenvalue weighted by Gasteiger charge is 2.23. The summed E-state index contributed by atoms with van der Waals surface area (Å²) in [5, 5.41) is 19.6. The van der Waals surface area contributed by atoms with Gasteiger partial charge >= 0.3 is 5.69 Å². The normalized spacial score (nSPS) is 17.4. The van der Waals surface area contributed by atoms with Gasteiger partial charge in [0, 0.05) is 17.8 Å². The predicted molar refractivity (Wildman–Crippen MR) is 75.8 cm³/mol. The molecule has 3 heterocycles. The Kier molecular flexibility index (Phi) is 4.16. The number of likely N-dealkylation sites (tertiary alicyclic amines) is 1. The maximum atomic E-state index is 11.0. The standard InChI is InChI=1S/C13H20N6O2/c20-8-7-19-11(1-4-14-19)10-2-5-18(6-3-10)9-12-15-13(21)17-16-12/h1,4,10,20H,2-3,5-9H2,(H2,15,16,17,21). The zero-order valence-corrected chi connectivity index (χ0v) is 11.8. The van der Waals surface area contributed by atoms with Crippen LogP contribution in [-0.2, 0) is 13.1 Å². The van der Waals surface area contributed by atoms with Crippen molar-refractivity contribution in [2.45, 2.75) is 31.8 Å². The third-order valence-corrected chi connectivity index (χ3v) is 3.99.